The molecule has 0 saturated carbocycles. The number of carbonyl (C=O) groups excluding carboxylic acids is 1. The van der Waals surface area contributed by atoms with Crippen molar-refractivity contribution in [1.29, 1.82) is 0 Å². The van der Waals surface area contributed by atoms with Crippen molar-refractivity contribution >= 4 is 16.5 Å². The zero-order chi connectivity index (χ0) is 12.9. The van der Waals surface area contributed by atoms with E-state index in [4.69, 9.17) is 0 Å². The molecule has 1 unspecified atom stereocenters. The van der Waals surface area contributed by atoms with Crippen LogP contribution in [-0.2, 0) is 10.5 Å². The number of amides is 2. The van der Waals surface area contributed by atoms with Crippen molar-refractivity contribution in [1.82, 2.24) is 10.2 Å². The molecule has 7 heteroatoms. The van der Waals surface area contributed by atoms with E-state index < -0.39 is 16.5 Å². The molecule has 0 heterocycles. The summed E-state index contributed by atoms with van der Waals surface area (Å²) in [5, 5.41) is 2.50. The van der Waals surface area contributed by atoms with Crippen LogP contribution in [0, 0.1) is 0 Å². The normalized spacial score (nSPS) is 13.0. The molecule has 0 aliphatic heterocycles. The van der Waals surface area contributed by atoms with E-state index in [-0.39, 0.29) is 18.2 Å². The number of carbonyl (C=O) groups is 1. The lowest BCUT2D eigenvalue weighted by atomic mass is 10.2. The standard InChI is InChI=1S/C9H19N3O3S/c1-6(2)12(7(3)4)8(5)10-9(13)11-16(14)15/h6-8H,1-5H3,(H,10,13). The molecule has 1 N–H and O–H groups in total. The van der Waals surface area contributed by atoms with Crippen LogP contribution in [0.4, 0.5) is 4.79 Å². The van der Waals surface area contributed by atoms with Crippen molar-refractivity contribution in [2.24, 2.45) is 4.36 Å². The first-order chi connectivity index (χ1) is 7.25. The van der Waals surface area contributed by atoms with Crippen LogP contribution in [0.15, 0.2) is 4.36 Å². The highest BCUT2D eigenvalue weighted by atomic mass is 32.2. The summed E-state index contributed by atoms with van der Waals surface area (Å²) in [6.45, 7) is 9.81. The van der Waals surface area contributed by atoms with Crippen LogP contribution >= 0.6 is 0 Å². The quantitative estimate of drug-likeness (QED) is 0.760. The summed E-state index contributed by atoms with van der Waals surface area (Å²) in [6, 6.07) is -0.353. The number of nitrogens with zero attached hydrogens (tertiary/aromatic N) is 2. The molecule has 1 atom stereocenters. The van der Waals surface area contributed by atoms with Crippen molar-refractivity contribution in [2.75, 3.05) is 0 Å². The molecule has 94 valence electrons. The third-order valence-corrected chi connectivity index (χ3v) is 2.44. The van der Waals surface area contributed by atoms with E-state index in [2.05, 4.69) is 9.68 Å². The van der Waals surface area contributed by atoms with Gasteiger partial charge in [-0.05, 0) is 34.6 Å². The Hall–Kier alpha value is -0.950. The van der Waals surface area contributed by atoms with Crippen LogP contribution in [0.2, 0.25) is 0 Å². The van der Waals surface area contributed by atoms with Crippen molar-refractivity contribution in [2.45, 2.75) is 52.9 Å². The fourth-order valence-corrected chi connectivity index (χ4v) is 2.03. The SMILES string of the molecule is CC(C)N(C(C)C)C(C)NC(=O)N=S(=O)=O. The minimum absolute atomic E-state index is 0.244. The summed E-state index contributed by atoms with van der Waals surface area (Å²) in [4.78, 5) is 13.2. The molecule has 0 aromatic rings. The van der Waals surface area contributed by atoms with Crippen molar-refractivity contribution in [3.8, 4) is 0 Å². The summed E-state index contributed by atoms with van der Waals surface area (Å²) in [5.74, 6) is 0. The third-order valence-electron chi connectivity index (χ3n) is 2.13. The molecule has 6 nitrogen and oxygen atoms in total. The highest BCUT2D eigenvalue weighted by Crippen LogP contribution is 2.08. The van der Waals surface area contributed by atoms with E-state index in [1.54, 1.807) is 6.92 Å². The molecule has 0 aromatic heterocycles. The topological polar surface area (TPSA) is 78.8 Å². The van der Waals surface area contributed by atoms with Gasteiger partial charge in [0.2, 0.25) is 0 Å². The Labute approximate surface area is 97.7 Å². The summed E-state index contributed by atoms with van der Waals surface area (Å²) in [6.07, 6.45) is -0.264. The number of hydrogen-bond donors (Lipinski definition) is 1. The molecule has 0 rings (SSSR count). The molecule has 2 amide bonds. The maximum atomic E-state index is 11.1. The summed E-state index contributed by atoms with van der Waals surface area (Å²) < 4.78 is 23.2. The largest absolute Gasteiger partial charge is 0.357 e. The van der Waals surface area contributed by atoms with Crippen LogP contribution in [0.5, 0.6) is 0 Å². The molecule has 0 saturated heterocycles. The summed E-state index contributed by atoms with van der Waals surface area (Å²) in [5.41, 5.74) is 0. The molecular formula is C9H19N3O3S. The first kappa shape index (κ1) is 15.0. The average molecular weight is 249 g/mol. The zero-order valence-corrected chi connectivity index (χ0v) is 11.1. The maximum absolute atomic E-state index is 11.1. The Morgan fingerprint density at radius 2 is 1.56 bits per heavy atom. The zero-order valence-electron chi connectivity index (χ0n) is 10.3. The summed E-state index contributed by atoms with van der Waals surface area (Å²) >= 11 is 0. The van der Waals surface area contributed by atoms with Crippen LogP contribution in [0.3, 0.4) is 0 Å². The predicted octanol–water partition coefficient (Wildman–Crippen LogP) is 1.22. The fourth-order valence-electron chi connectivity index (χ4n) is 1.84. The van der Waals surface area contributed by atoms with E-state index in [1.807, 2.05) is 32.6 Å². The van der Waals surface area contributed by atoms with E-state index in [9.17, 15) is 13.2 Å². The van der Waals surface area contributed by atoms with Crippen molar-refractivity contribution in [3.05, 3.63) is 0 Å². The van der Waals surface area contributed by atoms with Crippen molar-refractivity contribution < 1.29 is 13.2 Å². The Morgan fingerprint density at radius 3 is 1.88 bits per heavy atom. The van der Waals surface area contributed by atoms with Crippen LogP contribution < -0.4 is 5.32 Å². The molecule has 0 aromatic carbocycles. The first-order valence-corrected chi connectivity index (χ1v) is 6.18. The minimum Gasteiger partial charge on any atom is -0.320 e. The van der Waals surface area contributed by atoms with Gasteiger partial charge in [0.15, 0.2) is 0 Å². The molecule has 16 heavy (non-hydrogen) atoms. The highest BCUT2D eigenvalue weighted by Gasteiger charge is 2.21. The number of rotatable bonds is 4. The van der Waals surface area contributed by atoms with E-state index in [0.717, 1.165) is 0 Å². The third kappa shape index (κ3) is 5.22. The molecule has 0 spiro atoms. The van der Waals surface area contributed by atoms with Gasteiger partial charge in [0.05, 0.1) is 6.17 Å². The van der Waals surface area contributed by atoms with Gasteiger partial charge >= 0.3 is 16.5 Å². The lowest BCUT2D eigenvalue weighted by molar-refractivity contribution is 0.107. The van der Waals surface area contributed by atoms with Crippen LogP contribution in [-0.4, -0.2) is 37.6 Å². The van der Waals surface area contributed by atoms with Gasteiger partial charge < -0.3 is 5.32 Å². The molecule has 0 radical (unpaired) electrons. The van der Waals surface area contributed by atoms with Gasteiger partial charge in [-0.1, -0.05) is 4.36 Å². The van der Waals surface area contributed by atoms with Crippen molar-refractivity contribution in [3.63, 3.8) is 0 Å². The van der Waals surface area contributed by atoms with Crippen LogP contribution in [0.1, 0.15) is 34.6 Å². The molecule has 0 fully saturated rings. The first-order valence-electron chi connectivity index (χ1n) is 5.14. The number of urea groups is 1. The van der Waals surface area contributed by atoms with E-state index in [1.165, 1.54) is 0 Å². The number of nitrogens with one attached hydrogen (secondary N) is 1. The second kappa shape index (κ2) is 6.59. The Morgan fingerprint density at radius 1 is 1.12 bits per heavy atom. The van der Waals surface area contributed by atoms with Gasteiger partial charge in [-0.15, -0.1) is 0 Å². The minimum atomic E-state index is -2.70. The highest BCUT2D eigenvalue weighted by molar-refractivity contribution is 7.62. The Balaban J connectivity index is 4.60. The lowest BCUT2D eigenvalue weighted by Crippen LogP contribution is -2.51. The molecule has 0 aliphatic carbocycles. The van der Waals surface area contributed by atoms with E-state index >= 15 is 0 Å². The molecule has 0 bridgehead atoms. The van der Waals surface area contributed by atoms with Gasteiger partial charge in [0, 0.05) is 12.1 Å². The monoisotopic (exact) mass is 249 g/mol. The predicted molar refractivity (Wildman–Crippen MR) is 61.5 cm³/mol. The second-order valence-electron chi connectivity index (χ2n) is 4.07. The van der Waals surface area contributed by atoms with Gasteiger partial charge in [0.1, 0.15) is 0 Å². The number of hydrogen-bond acceptors (Lipinski definition) is 4. The van der Waals surface area contributed by atoms with E-state index in [0.29, 0.717) is 0 Å². The Kier molecular flexibility index (Phi) is 6.20. The lowest BCUT2D eigenvalue weighted by Gasteiger charge is -2.35. The van der Waals surface area contributed by atoms with Crippen LogP contribution in [0.25, 0.3) is 0 Å². The maximum Gasteiger partial charge on any atom is 0.357 e. The Bertz CT molecular complexity index is 346. The van der Waals surface area contributed by atoms with Gasteiger partial charge in [0.25, 0.3) is 0 Å². The second-order valence-corrected chi connectivity index (χ2v) is 4.69. The van der Waals surface area contributed by atoms with Gasteiger partial charge in [-0.25, -0.2) is 4.79 Å². The smallest absolute Gasteiger partial charge is 0.320 e. The average Bonchev–Trinajstić information content (AvgIpc) is 1.98. The molecular weight excluding hydrogens is 230 g/mol. The van der Waals surface area contributed by atoms with Gasteiger partial charge in [-0.2, -0.15) is 8.42 Å². The summed E-state index contributed by atoms with van der Waals surface area (Å²) in [7, 11) is -2.70. The van der Waals surface area contributed by atoms with Gasteiger partial charge in [-0.3, -0.25) is 4.90 Å². The molecule has 0 aliphatic rings. The fraction of sp³-hybridized carbons (Fsp3) is 0.889.